The van der Waals surface area contributed by atoms with Crippen molar-refractivity contribution >= 4 is 5.97 Å². The Labute approximate surface area is 74.9 Å². The van der Waals surface area contributed by atoms with Crippen molar-refractivity contribution in [2.24, 2.45) is 11.5 Å². The largest absolute Gasteiger partial charge is 0.480 e. The van der Waals surface area contributed by atoms with Gasteiger partial charge in [-0.2, -0.15) is 0 Å². The fourth-order valence-corrected chi connectivity index (χ4v) is 0.871. The molecule has 0 bridgehead atoms. The molecule has 0 aromatic carbocycles. The molecule has 0 heterocycles. The lowest BCUT2D eigenvalue weighted by molar-refractivity contribution is -0.150. The van der Waals surface area contributed by atoms with Crippen molar-refractivity contribution in [3.63, 3.8) is 0 Å². The summed E-state index contributed by atoms with van der Waals surface area (Å²) in [5, 5.41) is 8.47. The van der Waals surface area contributed by atoms with Crippen LogP contribution in [0.2, 0.25) is 0 Å². The second-order valence-electron chi connectivity index (χ2n) is 2.89. The first-order valence-electron chi connectivity index (χ1n) is 3.95. The minimum atomic E-state index is -3.05. The van der Waals surface area contributed by atoms with E-state index in [0.717, 1.165) is 0 Å². The van der Waals surface area contributed by atoms with E-state index in [0.29, 0.717) is 19.4 Å². The van der Waals surface area contributed by atoms with E-state index in [1.54, 1.807) is 0 Å². The minimum Gasteiger partial charge on any atom is -0.480 e. The number of unbranched alkanes of at least 4 members (excludes halogenated alkanes) is 1. The molecule has 0 aliphatic rings. The Morgan fingerprint density at radius 2 is 2.00 bits per heavy atom. The molecule has 6 heteroatoms. The predicted octanol–water partition coefficient (Wildman–Crippen LogP) is 0.163. The second-order valence-corrected chi connectivity index (χ2v) is 2.89. The maximum atomic E-state index is 12.2. The van der Waals surface area contributed by atoms with Gasteiger partial charge in [-0.1, -0.05) is 0 Å². The molecule has 0 saturated carbocycles. The maximum Gasteiger partial charge on any atom is 0.329 e. The van der Waals surface area contributed by atoms with Crippen molar-refractivity contribution in [1.82, 2.24) is 0 Å². The van der Waals surface area contributed by atoms with Crippen LogP contribution in [0.5, 0.6) is 0 Å². The highest BCUT2D eigenvalue weighted by Gasteiger charge is 2.42. The van der Waals surface area contributed by atoms with Crippen LogP contribution in [0.15, 0.2) is 0 Å². The molecule has 0 fully saturated rings. The number of carboxylic acids is 1. The standard InChI is InChI=1S/C7H14F2N2O2/c8-5(9)7(11,6(12)13)3-1-2-4-10/h5H,1-4,10-11H2,(H,12,13)/t7-/m1/s1. The molecule has 0 saturated heterocycles. The van der Waals surface area contributed by atoms with Crippen LogP contribution in [0.1, 0.15) is 19.3 Å². The van der Waals surface area contributed by atoms with Gasteiger partial charge < -0.3 is 16.6 Å². The zero-order chi connectivity index (χ0) is 10.5. The summed E-state index contributed by atoms with van der Waals surface area (Å²) in [7, 11) is 0. The summed E-state index contributed by atoms with van der Waals surface area (Å²) in [5.74, 6) is -1.67. The van der Waals surface area contributed by atoms with E-state index < -0.39 is 17.9 Å². The van der Waals surface area contributed by atoms with Gasteiger partial charge in [0.2, 0.25) is 0 Å². The van der Waals surface area contributed by atoms with Crippen molar-refractivity contribution in [1.29, 1.82) is 0 Å². The molecule has 78 valence electrons. The summed E-state index contributed by atoms with van der Waals surface area (Å²) >= 11 is 0. The number of hydrogen-bond donors (Lipinski definition) is 3. The lowest BCUT2D eigenvalue weighted by atomic mass is 9.94. The monoisotopic (exact) mass is 196 g/mol. The molecular formula is C7H14F2N2O2. The summed E-state index contributed by atoms with van der Waals surface area (Å²) in [5.41, 5.74) is 7.75. The van der Waals surface area contributed by atoms with Crippen molar-refractivity contribution < 1.29 is 18.7 Å². The molecule has 0 radical (unpaired) electrons. The van der Waals surface area contributed by atoms with Crippen LogP contribution in [0.25, 0.3) is 0 Å². The van der Waals surface area contributed by atoms with E-state index in [-0.39, 0.29) is 6.42 Å². The maximum absolute atomic E-state index is 12.2. The van der Waals surface area contributed by atoms with E-state index >= 15 is 0 Å². The third-order valence-corrected chi connectivity index (χ3v) is 1.83. The van der Waals surface area contributed by atoms with E-state index in [2.05, 4.69) is 0 Å². The van der Waals surface area contributed by atoms with E-state index in [9.17, 15) is 13.6 Å². The van der Waals surface area contributed by atoms with Crippen LogP contribution in [0, 0.1) is 0 Å². The molecule has 0 spiro atoms. The summed E-state index contributed by atoms with van der Waals surface area (Å²) in [6.07, 6.45) is -2.51. The van der Waals surface area contributed by atoms with Crippen LogP contribution in [0.4, 0.5) is 8.78 Å². The molecule has 0 unspecified atom stereocenters. The van der Waals surface area contributed by atoms with E-state index in [1.165, 1.54) is 0 Å². The smallest absolute Gasteiger partial charge is 0.329 e. The second kappa shape index (κ2) is 5.08. The highest BCUT2D eigenvalue weighted by atomic mass is 19.3. The molecule has 13 heavy (non-hydrogen) atoms. The van der Waals surface area contributed by atoms with Gasteiger partial charge in [0.25, 0.3) is 6.43 Å². The Hall–Kier alpha value is -0.750. The SMILES string of the molecule is NCCCC[C@](N)(C(=O)O)C(F)F. The van der Waals surface area contributed by atoms with Gasteiger partial charge in [-0.05, 0) is 25.8 Å². The summed E-state index contributed by atoms with van der Waals surface area (Å²) in [4.78, 5) is 10.4. The molecule has 0 amide bonds. The number of carbonyl (C=O) groups is 1. The summed E-state index contributed by atoms with van der Waals surface area (Å²) in [6.45, 7) is 0.346. The van der Waals surface area contributed by atoms with Crippen LogP contribution < -0.4 is 11.5 Å². The van der Waals surface area contributed by atoms with Crippen molar-refractivity contribution in [2.75, 3.05) is 6.54 Å². The predicted molar refractivity (Wildman–Crippen MR) is 43.5 cm³/mol. The first-order valence-corrected chi connectivity index (χ1v) is 3.95. The Kier molecular flexibility index (Phi) is 4.79. The van der Waals surface area contributed by atoms with Crippen molar-refractivity contribution in [3.05, 3.63) is 0 Å². The average Bonchev–Trinajstić information content (AvgIpc) is 2.03. The number of aliphatic carboxylic acids is 1. The molecule has 1 atom stereocenters. The first kappa shape index (κ1) is 12.2. The van der Waals surface area contributed by atoms with Crippen LogP contribution in [0.3, 0.4) is 0 Å². The molecule has 0 aromatic rings. The average molecular weight is 196 g/mol. The number of halogens is 2. The molecule has 0 aromatic heterocycles. The molecule has 5 N–H and O–H groups in total. The Balaban J connectivity index is 4.17. The first-order chi connectivity index (χ1) is 5.95. The van der Waals surface area contributed by atoms with Crippen LogP contribution in [-0.4, -0.2) is 29.6 Å². The van der Waals surface area contributed by atoms with Gasteiger partial charge in [-0.25, -0.2) is 13.6 Å². The number of carboxylic acid groups (broad SMARTS) is 1. The number of rotatable bonds is 6. The van der Waals surface area contributed by atoms with E-state index in [4.69, 9.17) is 16.6 Å². The van der Waals surface area contributed by atoms with Gasteiger partial charge in [-0.15, -0.1) is 0 Å². The lowest BCUT2D eigenvalue weighted by Gasteiger charge is -2.23. The number of alkyl halides is 2. The minimum absolute atomic E-state index is 0.253. The van der Waals surface area contributed by atoms with E-state index in [1.807, 2.05) is 0 Å². The van der Waals surface area contributed by atoms with Gasteiger partial charge >= 0.3 is 5.97 Å². The fourth-order valence-electron chi connectivity index (χ4n) is 0.871. The summed E-state index contributed by atoms with van der Waals surface area (Å²) < 4.78 is 24.4. The molecule has 0 rings (SSSR count). The highest BCUT2D eigenvalue weighted by Crippen LogP contribution is 2.20. The number of nitrogens with two attached hydrogens (primary N) is 2. The topological polar surface area (TPSA) is 89.3 Å². The Morgan fingerprint density at radius 1 is 1.46 bits per heavy atom. The zero-order valence-electron chi connectivity index (χ0n) is 7.17. The van der Waals surface area contributed by atoms with Crippen LogP contribution >= 0.6 is 0 Å². The van der Waals surface area contributed by atoms with Gasteiger partial charge in [-0.3, -0.25) is 0 Å². The molecule has 0 aliphatic carbocycles. The van der Waals surface area contributed by atoms with Crippen molar-refractivity contribution in [2.45, 2.75) is 31.2 Å². The van der Waals surface area contributed by atoms with Crippen molar-refractivity contribution in [3.8, 4) is 0 Å². The van der Waals surface area contributed by atoms with Gasteiger partial charge in [0, 0.05) is 0 Å². The molecular weight excluding hydrogens is 182 g/mol. The Morgan fingerprint density at radius 3 is 2.31 bits per heavy atom. The van der Waals surface area contributed by atoms with Gasteiger partial charge in [0.05, 0.1) is 0 Å². The number of hydrogen-bond acceptors (Lipinski definition) is 3. The zero-order valence-corrected chi connectivity index (χ0v) is 7.17. The molecule has 0 aliphatic heterocycles. The Bertz CT molecular complexity index is 178. The fraction of sp³-hybridized carbons (Fsp3) is 0.857. The van der Waals surface area contributed by atoms with Gasteiger partial charge in [0.15, 0.2) is 5.54 Å². The highest BCUT2D eigenvalue weighted by molar-refractivity contribution is 5.79. The lowest BCUT2D eigenvalue weighted by Crippen LogP contribution is -2.54. The summed E-state index contributed by atoms with van der Waals surface area (Å²) in [6, 6.07) is 0. The third-order valence-electron chi connectivity index (χ3n) is 1.83. The third kappa shape index (κ3) is 3.23. The van der Waals surface area contributed by atoms with Gasteiger partial charge in [0.1, 0.15) is 0 Å². The van der Waals surface area contributed by atoms with Crippen LogP contribution in [-0.2, 0) is 4.79 Å². The quantitative estimate of drug-likeness (QED) is 0.528. The molecule has 4 nitrogen and oxygen atoms in total. The normalized spacial score (nSPS) is 15.8.